The maximum atomic E-state index is 12.8. The molecule has 3 nitrogen and oxygen atoms in total. The van der Waals surface area contributed by atoms with E-state index in [1.54, 1.807) is 20.8 Å². The Morgan fingerprint density at radius 2 is 1.75 bits per heavy atom. The average Bonchev–Trinajstić information content (AvgIpc) is 2.73. The molecule has 0 aliphatic heterocycles. The van der Waals surface area contributed by atoms with Gasteiger partial charge in [-0.25, -0.2) is 0 Å². The van der Waals surface area contributed by atoms with Crippen molar-refractivity contribution in [3.63, 3.8) is 0 Å². The SMILES string of the molecule is CC(C)(C)OC(=O)[C@H](CC1CCCC1)[C@@H](N)C(F)(F)F. The zero-order chi connectivity index (χ0) is 15.6. The number of ether oxygens (including phenoxy) is 1. The fraction of sp³-hybridized carbons (Fsp3) is 0.929. The van der Waals surface area contributed by atoms with Gasteiger partial charge in [0.2, 0.25) is 0 Å². The van der Waals surface area contributed by atoms with E-state index < -0.39 is 29.7 Å². The lowest BCUT2D eigenvalue weighted by Crippen LogP contribution is -2.49. The van der Waals surface area contributed by atoms with Crippen LogP contribution in [-0.4, -0.2) is 23.8 Å². The zero-order valence-corrected chi connectivity index (χ0v) is 12.3. The van der Waals surface area contributed by atoms with E-state index in [4.69, 9.17) is 10.5 Å². The van der Waals surface area contributed by atoms with Crippen molar-refractivity contribution < 1.29 is 22.7 Å². The summed E-state index contributed by atoms with van der Waals surface area (Å²) >= 11 is 0. The highest BCUT2D eigenvalue weighted by Crippen LogP contribution is 2.35. The summed E-state index contributed by atoms with van der Waals surface area (Å²) in [4.78, 5) is 12.0. The molecule has 0 heterocycles. The highest BCUT2D eigenvalue weighted by molar-refractivity contribution is 5.74. The number of carbonyl (C=O) groups excluding carboxylic acids is 1. The van der Waals surface area contributed by atoms with E-state index in [-0.39, 0.29) is 12.3 Å². The van der Waals surface area contributed by atoms with Gasteiger partial charge in [-0.05, 0) is 33.1 Å². The Morgan fingerprint density at radius 3 is 2.15 bits per heavy atom. The standard InChI is InChI=1S/C14H24F3NO2/c1-13(2,3)20-12(19)10(11(18)14(15,16)17)8-9-6-4-5-7-9/h9-11H,4-8,18H2,1-3H3/t10-,11-/m1/s1. The van der Waals surface area contributed by atoms with Crippen LogP contribution in [0.2, 0.25) is 0 Å². The van der Waals surface area contributed by atoms with Crippen molar-refractivity contribution in [3.05, 3.63) is 0 Å². The molecule has 2 N–H and O–H groups in total. The summed E-state index contributed by atoms with van der Waals surface area (Å²) in [6.45, 7) is 4.91. The van der Waals surface area contributed by atoms with Gasteiger partial charge in [-0.3, -0.25) is 4.79 Å². The fourth-order valence-electron chi connectivity index (χ4n) is 2.60. The van der Waals surface area contributed by atoms with E-state index in [0.29, 0.717) is 0 Å². The minimum atomic E-state index is -4.58. The number of carbonyl (C=O) groups is 1. The maximum absolute atomic E-state index is 12.8. The summed E-state index contributed by atoms with van der Waals surface area (Å²) in [6, 6.07) is -2.15. The fourth-order valence-corrected chi connectivity index (χ4v) is 2.60. The Kier molecular flexibility index (Phi) is 5.46. The average molecular weight is 295 g/mol. The smallest absolute Gasteiger partial charge is 0.404 e. The second-order valence-electron chi connectivity index (χ2n) is 6.59. The largest absolute Gasteiger partial charge is 0.460 e. The lowest BCUT2D eigenvalue weighted by molar-refractivity contribution is -0.184. The van der Waals surface area contributed by atoms with E-state index in [9.17, 15) is 18.0 Å². The molecule has 118 valence electrons. The van der Waals surface area contributed by atoms with Gasteiger partial charge in [0.15, 0.2) is 0 Å². The van der Waals surface area contributed by atoms with Gasteiger partial charge < -0.3 is 10.5 Å². The summed E-state index contributed by atoms with van der Waals surface area (Å²) in [5, 5.41) is 0. The molecule has 0 unspecified atom stereocenters. The van der Waals surface area contributed by atoms with Crippen LogP contribution in [0.4, 0.5) is 13.2 Å². The van der Waals surface area contributed by atoms with Gasteiger partial charge in [-0.1, -0.05) is 25.7 Å². The van der Waals surface area contributed by atoms with E-state index in [1.807, 2.05) is 0 Å². The number of halogens is 3. The number of rotatable bonds is 4. The number of esters is 1. The Labute approximate surface area is 118 Å². The molecule has 0 radical (unpaired) electrons. The van der Waals surface area contributed by atoms with Gasteiger partial charge in [-0.15, -0.1) is 0 Å². The second kappa shape index (κ2) is 6.33. The van der Waals surface area contributed by atoms with Crippen molar-refractivity contribution in [2.45, 2.75) is 70.7 Å². The third-order valence-corrected chi connectivity index (χ3v) is 3.58. The van der Waals surface area contributed by atoms with Crippen molar-refractivity contribution in [2.24, 2.45) is 17.6 Å². The summed E-state index contributed by atoms with van der Waals surface area (Å²) in [7, 11) is 0. The number of hydrogen-bond donors (Lipinski definition) is 1. The molecule has 0 aromatic heterocycles. The lowest BCUT2D eigenvalue weighted by atomic mass is 9.87. The Bertz CT molecular complexity index is 330. The van der Waals surface area contributed by atoms with Crippen LogP contribution in [-0.2, 0) is 9.53 Å². The van der Waals surface area contributed by atoms with Crippen LogP contribution in [0.5, 0.6) is 0 Å². The number of alkyl halides is 3. The molecule has 0 spiro atoms. The van der Waals surface area contributed by atoms with Crippen LogP contribution in [0.15, 0.2) is 0 Å². The van der Waals surface area contributed by atoms with Gasteiger partial charge in [0, 0.05) is 0 Å². The van der Waals surface area contributed by atoms with Crippen molar-refractivity contribution >= 4 is 5.97 Å². The molecular formula is C14H24F3NO2. The third kappa shape index (κ3) is 5.31. The first kappa shape index (κ1) is 17.3. The molecule has 0 aromatic rings. The maximum Gasteiger partial charge on any atom is 0.404 e. The van der Waals surface area contributed by atoms with Crippen molar-refractivity contribution in [2.75, 3.05) is 0 Å². The zero-order valence-electron chi connectivity index (χ0n) is 12.3. The molecule has 6 heteroatoms. The summed E-state index contributed by atoms with van der Waals surface area (Å²) in [5.41, 5.74) is 4.46. The molecule has 1 aliphatic rings. The van der Waals surface area contributed by atoms with Crippen molar-refractivity contribution in [1.82, 2.24) is 0 Å². The first-order valence-corrected chi connectivity index (χ1v) is 7.06. The molecule has 0 aromatic carbocycles. The molecule has 20 heavy (non-hydrogen) atoms. The van der Waals surface area contributed by atoms with Gasteiger partial charge in [0.05, 0.1) is 5.92 Å². The predicted octanol–water partition coefficient (Wildman–Crippen LogP) is 3.41. The quantitative estimate of drug-likeness (QED) is 0.809. The minimum Gasteiger partial charge on any atom is -0.460 e. The van der Waals surface area contributed by atoms with Crippen LogP contribution in [0.25, 0.3) is 0 Å². The van der Waals surface area contributed by atoms with Gasteiger partial charge in [-0.2, -0.15) is 13.2 Å². The van der Waals surface area contributed by atoms with Crippen LogP contribution in [0.1, 0.15) is 52.9 Å². The Hall–Kier alpha value is -0.780. The van der Waals surface area contributed by atoms with Crippen LogP contribution in [0.3, 0.4) is 0 Å². The highest BCUT2D eigenvalue weighted by Gasteiger charge is 2.47. The first-order chi connectivity index (χ1) is 9.00. The predicted molar refractivity (Wildman–Crippen MR) is 69.9 cm³/mol. The minimum absolute atomic E-state index is 0.140. The number of nitrogens with two attached hydrogens (primary N) is 1. The van der Waals surface area contributed by atoms with E-state index in [1.165, 1.54) is 0 Å². The van der Waals surface area contributed by atoms with E-state index in [2.05, 4.69) is 0 Å². The van der Waals surface area contributed by atoms with Crippen LogP contribution >= 0.6 is 0 Å². The Balaban J connectivity index is 2.80. The molecule has 1 aliphatic carbocycles. The summed E-state index contributed by atoms with van der Waals surface area (Å²) < 4.78 is 43.6. The molecular weight excluding hydrogens is 271 g/mol. The summed E-state index contributed by atoms with van der Waals surface area (Å²) in [6.07, 6.45) is -0.677. The summed E-state index contributed by atoms with van der Waals surface area (Å²) in [5.74, 6) is -2.01. The first-order valence-electron chi connectivity index (χ1n) is 7.06. The Morgan fingerprint density at radius 1 is 1.25 bits per heavy atom. The molecule has 1 saturated carbocycles. The lowest BCUT2D eigenvalue weighted by Gasteiger charge is -2.29. The van der Waals surface area contributed by atoms with Gasteiger partial charge in [0.25, 0.3) is 0 Å². The highest BCUT2D eigenvalue weighted by atomic mass is 19.4. The molecule has 0 bridgehead atoms. The molecule has 0 saturated heterocycles. The molecule has 1 fully saturated rings. The third-order valence-electron chi connectivity index (χ3n) is 3.58. The second-order valence-corrected chi connectivity index (χ2v) is 6.59. The monoisotopic (exact) mass is 295 g/mol. The normalized spacial score (nSPS) is 20.8. The molecule has 1 rings (SSSR count). The number of hydrogen-bond acceptors (Lipinski definition) is 3. The topological polar surface area (TPSA) is 52.3 Å². The van der Waals surface area contributed by atoms with Crippen LogP contribution in [0, 0.1) is 11.8 Å². The van der Waals surface area contributed by atoms with Gasteiger partial charge >= 0.3 is 12.1 Å². The molecule has 2 atom stereocenters. The van der Waals surface area contributed by atoms with E-state index >= 15 is 0 Å². The van der Waals surface area contributed by atoms with Crippen molar-refractivity contribution in [3.8, 4) is 0 Å². The van der Waals surface area contributed by atoms with Gasteiger partial charge in [0.1, 0.15) is 11.6 Å². The van der Waals surface area contributed by atoms with Crippen molar-refractivity contribution in [1.29, 1.82) is 0 Å². The van der Waals surface area contributed by atoms with Crippen LogP contribution < -0.4 is 5.73 Å². The van der Waals surface area contributed by atoms with E-state index in [0.717, 1.165) is 25.7 Å². The molecule has 0 amide bonds.